The molecule has 0 spiro atoms. The van der Waals surface area contributed by atoms with E-state index in [9.17, 15) is 5.11 Å². The number of phenols is 1. The fourth-order valence-electron chi connectivity index (χ4n) is 2.17. The quantitative estimate of drug-likeness (QED) is 0.775. The highest BCUT2D eigenvalue weighted by atomic mass is 32.1. The predicted molar refractivity (Wildman–Crippen MR) is 71.4 cm³/mol. The molecule has 3 nitrogen and oxygen atoms in total. The molecule has 2 atom stereocenters. The third-order valence-corrected chi connectivity index (χ3v) is 3.32. The van der Waals surface area contributed by atoms with Gasteiger partial charge in [0.1, 0.15) is 10.7 Å². The minimum Gasteiger partial charge on any atom is -0.507 e. The molecule has 17 heavy (non-hydrogen) atoms. The Labute approximate surface area is 107 Å². The summed E-state index contributed by atoms with van der Waals surface area (Å²) in [6, 6.07) is 7.19. The lowest BCUT2D eigenvalue weighted by atomic mass is 10.1. The van der Waals surface area contributed by atoms with Crippen molar-refractivity contribution in [2.45, 2.75) is 26.1 Å². The summed E-state index contributed by atoms with van der Waals surface area (Å²) in [4.78, 5) is 2.80. The average Bonchev–Trinajstić information content (AvgIpc) is 2.27. The Bertz CT molecular complexity index is 412. The van der Waals surface area contributed by atoms with Crippen molar-refractivity contribution in [3.05, 3.63) is 29.8 Å². The van der Waals surface area contributed by atoms with Crippen LogP contribution in [0.3, 0.4) is 0 Å². The van der Waals surface area contributed by atoms with Crippen molar-refractivity contribution < 1.29 is 9.84 Å². The Morgan fingerprint density at radius 3 is 2.47 bits per heavy atom. The van der Waals surface area contributed by atoms with Crippen LogP contribution in [-0.4, -0.2) is 40.3 Å². The van der Waals surface area contributed by atoms with Crippen LogP contribution in [0, 0.1) is 0 Å². The van der Waals surface area contributed by atoms with Crippen LogP contribution in [0.15, 0.2) is 24.3 Å². The molecular weight excluding hydrogens is 234 g/mol. The van der Waals surface area contributed by atoms with Crippen molar-refractivity contribution >= 4 is 17.2 Å². The van der Waals surface area contributed by atoms with E-state index >= 15 is 0 Å². The third kappa shape index (κ3) is 2.76. The Morgan fingerprint density at radius 1 is 1.29 bits per heavy atom. The molecule has 1 aliphatic heterocycles. The van der Waals surface area contributed by atoms with Gasteiger partial charge in [0, 0.05) is 13.1 Å². The molecule has 1 aliphatic rings. The second-order valence-electron chi connectivity index (χ2n) is 4.48. The molecule has 1 aromatic carbocycles. The van der Waals surface area contributed by atoms with Crippen LogP contribution in [0.1, 0.15) is 19.4 Å². The second-order valence-corrected chi connectivity index (χ2v) is 4.87. The molecule has 0 bridgehead atoms. The van der Waals surface area contributed by atoms with Gasteiger partial charge < -0.3 is 14.7 Å². The van der Waals surface area contributed by atoms with Gasteiger partial charge in [0.05, 0.1) is 17.8 Å². The van der Waals surface area contributed by atoms with Crippen LogP contribution in [0.4, 0.5) is 0 Å². The van der Waals surface area contributed by atoms with Gasteiger partial charge in [-0.25, -0.2) is 0 Å². The fraction of sp³-hybridized carbons (Fsp3) is 0.462. The molecule has 2 unspecified atom stereocenters. The lowest BCUT2D eigenvalue weighted by Gasteiger charge is -2.37. The summed E-state index contributed by atoms with van der Waals surface area (Å²) in [5.74, 6) is 0.240. The van der Waals surface area contributed by atoms with Crippen molar-refractivity contribution in [2.75, 3.05) is 13.1 Å². The van der Waals surface area contributed by atoms with E-state index in [4.69, 9.17) is 17.0 Å². The van der Waals surface area contributed by atoms with Gasteiger partial charge in [0.25, 0.3) is 0 Å². The number of thiocarbonyl (C=S) groups is 1. The Morgan fingerprint density at radius 2 is 1.88 bits per heavy atom. The molecule has 0 amide bonds. The molecule has 1 fully saturated rings. The Balaban J connectivity index is 2.17. The molecule has 0 aliphatic carbocycles. The number of aromatic hydroxyl groups is 1. The Hall–Kier alpha value is -1.13. The molecule has 0 radical (unpaired) electrons. The van der Waals surface area contributed by atoms with Crippen molar-refractivity contribution in [2.24, 2.45) is 0 Å². The number of rotatable bonds is 1. The number of nitrogens with zero attached hydrogens (tertiary/aromatic N) is 1. The maximum atomic E-state index is 9.80. The van der Waals surface area contributed by atoms with Gasteiger partial charge >= 0.3 is 0 Å². The number of hydrogen-bond donors (Lipinski definition) is 1. The van der Waals surface area contributed by atoms with Crippen LogP contribution >= 0.6 is 12.2 Å². The van der Waals surface area contributed by atoms with E-state index in [0.29, 0.717) is 4.99 Å². The highest BCUT2D eigenvalue weighted by Gasteiger charge is 2.25. The Kier molecular flexibility index (Phi) is 3.64. The van der Waals surface area contributed by atoms with Gasteiger partial charge in [-0.1, -0.05) is 24.4 Å². The van der Waals surface area contributed by atoms with Gasteiger partial charge in [0.2, 0.25) is 0 Å². The summed E-state index contributed by atoms with van der Waals surface area (Å²) in [5, 5.41) is 9.80. The highest BCUT2D eigenvalue weighted by molar-refractivity contribution is 7.80. The van der Waals surface area contributed by atoms with Crippen LogP contribution in [0.25, 0.3) is 0 Å². The highest BCUT2D eigenvalue weighted by Crippen LogP contribution is 2.21. The summed E-state index contributed by atoms with van der Waals surface area (Å²) in [5.41, 5.74) is 0.726. The van der Waals surface area contributed by atoms with Crippen LogP contribution in [0.2, 0.25) is 0 Å². The SMILES string of the molecule is CC1CN(C(=S)c2ccccc2O)CC(C)O1. The normalized spacial score (nSPS) is 24.7. The van der Waals surface area contributed by atoms with Gasteiger partial charge in [-0.2, -0.15) is 0 Å². The number of phenolic OH excluding ortho intramolecular Hbond substituents is 1. The molecule has 2 rings (SSSR count). The number of hydrogen-bond acceptors (Lipinski definition) is 3. The summed E-state index contributed by atoms with van der Waals surface area (Å²) < 4.78 is 5.67. The second kappa shape index (κ2) is 5.02. The lowest BCUT2D eigenvalue weighted by molar-refractivity contribution is -0.0472. The first-order chi connectivity index (χ1) is 8.08. The topological polar surface area (TPSA) is 32.7 Å². The number of morpholine rings is 1. The molecule has 0 saturated carbocycles. The number of benzene rings is 1. The summed E-state index contributed by atoms with van der Waals surface area (Å²) in [6.45, 7) is 5.63. The maximum absolute atomic E-state index is 9.80. The van der Waals surface area contributed by atoms with Crippen molar-refractivity contribution in [3.63, 3.8) is 0 Å². The van der Waals surface area contributed by atoms with E-state index in [1.807, 2.05) is 26.0 Å². The van der Waals surface area contributed by atoms with Gasteiger partial charge in [-0.3, -0.25) is 0 Å². The first kappa shape index (κ1) is 12.3. The molecule has 1 heterocycles. The van der Waals surface area contributed by atoms with E-state index < -0.39 is 0 Å². The zero-order chi connectivity index (χ0) is 12.4. The van der Waals surface area contributed by atoms with Crippen LogP contribution in [-0.2, 0) is 4.74 Å². The molecule has 92 valence electrons. The largest absolute Gasteiger partial charge is 0.507 e. The zero-order valence-corrected chi connectivity index (χ0v) is 10.9. The van der Waals surface area contributed by atoms with Crippen LogP contribution in [0.5, 0.6) is 5.75 Å². The van der Waals surface area contributed by atoms with Crippen molar-refractivity contribution in [3.8, 4) is 5.75 Å². The van der Waals surface area contributed by atoms with Gasteiger partial charge in [-0.05, 0) is 26.0 Å². The van der Waals surface area contributed by atoms with E-state index in [-0.39, 0.29) is 18.0 Å². The summed E-state index contributed by atoms with van der Waals surface area (Å²) in [6.07, 6.45) is 0.338. The van der Waals surface area contributed by atoms with Crippen molar-refractivity contribution in [1.29, 1.82) is 0 Å². The maximum Gasteiger partial charge on any atom is 0.125 e. The van der Waals surface area contributed by atoms with Crippen molar-refractivity contribution in [1.82, 2.24) is 4.90 Å². The minimum atomic E-state index is 0.169. The molecule has 1 aromatic rings. The minimum absolute atomic E-state index is 0.169. The van der Waals surface area contributed by atoms with Gasteiger partial charge in [0.15, 0.2) is 0 Å². The fourth-order valence-corrected chi connectivity index (χ4v) is 2.49. The predicted octanol–water partition coefficient (Wildman–Crippen LogP) is 2.18. The zero-order valence-electron chi connectivity index (χ0n) is 10.1. The van der Waals surface area contributed by atoms with E-state index in [1.165, 1.54) is 0 Å². The standard InChI is InChI=1S/C13H17NO2S/c1-9-7-14(8-10(2)16-9)13(17)11-5-3-4-6-12(11)15/h3-6,9-10,15H,7-8H2,1-2H3. The number of ether oxygens (including phenoxy) is 1. The smallest absolute Gasteiger partial charge is 0.125 e. The molecule has 1 N–H and O–H groups in total. The molecule has 4 heteroatoms. The third-order valence-electron chi connectivity index (χ3n) is 2.84. The van der Waals surface area contributed by atoms with E-state index in [1.54, 1.807) is 12.1 Å². The summed E-state index contributed by atoms with van der Waals surface area (Å²) in [7, 11) is 0. The first-order valence-corrected chi connectivity index (χ1v) is 6.21. The summed E-state index contributed by atoms with van der Waals surface area (Å²) >= 11 is 5.44. The first-order valence-electron chi connectivity index (χ1n) is 5.80. The van der Waals surface area contributed by atoms with Gasteiger partial charge in [-0.15, -0.1) is 0 Å². The molecular formula is C13H17NO2S. The average molecular weight is 251 g/mol. The van der Waals surface area contributed by atoms with Crippen LogP contribution < -0.4 is 0 Å². The molecule has 1 saturated heterocycles. The van der Waals surface area contributed by atoms with E-state index in [2.05, 4.69) is 4.90 Å². The molecule has 0 aromatic heterocycles. The number of para-hydroxylation sites is 1. The lowest BCUT2D eigenvalue weighted by Crippen LogP contribution is -2.47. The van der Waals surface area contributed by atoms with E-state index in [0.717, 1.165) is 18.7 Å². The monoisotopic (exact) mass is 251 g/mol.